The molecule has 0 fully saturated rings. The fourth-order valence-corrected chi connectivity index (χ4v) is 2.24. The van der Waals surface area contributed by atoms with E-state index >= 15 is 0 Å². The van der Waals surface area contributed by atoms with Crippen LogP contribution in [0, 0.1) is 5.92 Å². The van der Waals surface area contributed by atoms with Gasteiger partial charge in [0.15, 0.2) is 0 Å². The van der Waals surface area contributed by atoms with Gasteiger partial charge in [0, 0.05) is 19.8 Å². The molecule has 0 saturated carbocycles. The molecule has 0 aliphatic rings. The lowest BCUT2D eigenvalue weighted by Crippen LogP contribution is -2.09. The summed E-state index contributed by atoms with van der Waals surface area (Å²) in [6, 6.07) is 13.3. The molecule has 0 unspecified atom stereocenters. The smallest absolute Gasteiger partial charge is 0.0370 e. The molecule has 0 amide bonds. The quantitative estimate of drug-likeness (QED) is 0.763. The van der Waals surface area contributed by atoms with Gasteiger partial charge in [-0.3, -0.25) is 0 Å². The average Bonchev–Trinajstić information content (AvgIpc) is 2.28. The van der Waals surface area contributed by atoms with Gasteiger partial charge in [0.1, 0.15) is 0 Å². The molecule has 17 heavy (non-hydrogen) atoms. The van der Waals surface area contributed by atoms with Crippen LogP contribution in [0.3, 0.4) is 0 Å². The van der Waals surface area contributed by atoms with Crippen LogP contribution in [-0.2, 0) is 6.42 Å². The molecule has 2 aromatic carbocycles. The van der Waals surface area contributed by atoms with Gasteiger partial charge in [-0.15, -0.1) is 0 Å². The van der Waals surface area contributed by atoms with Crippen molar-refractivity contribution < 1.29 is 0 Å². The lowest BCUT2D eigenvalue weighted by Gasteiger charge is -2.17. The van der Waals surface area contributed by atoms with E-state index in [2.05, 4.69) is 69.2 Å². The van der Waals surface area contributed by atoms with Gasteiger partial charge in [0.25, 0.3) is 0 Å². The normalized spacial score (nSPS) is 11.1. The van der Waals surface area contributed by atoms with E-state index in [0.29, 0.717) is 5.92 Å². The van der Waals surface area contributed by atoms with Gasteiger partial charge >= 0.3 is 0 Å². The van der Waals surface area contributed by atoms with E-state index in [1.54, 1.807) is 0 Å². The highest BCUT2D eigenvalue weighted by molar-refractivity contribution is 5.89. The Hall–Kier alpha value is -1.50. The van der Waals surface area contributed by atoms with Crippen molar-refractivity contribution >= 4 is 16.5 Å². The summed E-state index contributed by atoms with van der Waals surface area (Å²) in [6.07, 6.45) is 1.14. The average molecular weight is 227 g/mol. The van der Waals surface area contributed by atoms with Gasteiger partial charge in [0.2, 0.25) is 0 Å². The van der Waals surface area contributed by atoms with E-state index in [4.69, 9.17) is 0 Å². The molecular weight excluding hydrogens is 206 g/mol. The van der Waals surface area contributed by atoms with Crippen molar-refractivity contribution in [3.8, 4) is 0 Å². The van der Waals surface area contributed by atoms with Gasteiger partial charge < -0.3 is 4.90 Å². The number of fused-ring (bicyclic) bond motifs is 1. The van der Waals surface area contributed by atoms with Crippen LogP contribution in [0.1, 0.15) is 19.4 Å². The van der Waals surface area contributed by atoms with Crippen molar-refractivity contribution in [2.45, 2.75) is 20.3 Å². The lowest BCUT2D eigenvalue weighted by molar-refractivity contribution is 0.650. The zero-order valence-corrected chi connectivity index (χ0v) is 11.2. The molecule has 0 aromatic heterocycles. The SMILES string of the molecule is CC(C)Cc1cc(N(C)C)cc2ccccc12. The Balaban J connectivity index is 2.60. The topological polar surface area (TPSA) is 3.24 Å². The summed E-state index contributed by atoms with van der Waals surface area (Å²) in [5.74, 6) is 0.691. The number of hydrogen-bond donors (Lipinski definition) is 0. The van der Waals surface area contributed by atoms with Crippen molar-refractivity contribution in [1.29, 1.82) is 0 Å². The molecule has 0 atom stereocenters. The second kappa shape index (κ2) is 4.79. The zero-order valence-electron chi connectivity index (χ0n) is 11.2. The Bertz CT molecular complexity index is 512. The van der Waals surface area contributed by atoms with Crippen LogP contribution in [0.2, 0.25) is 0 Å². The van der Waals surface area contributed by atoms with E-state index in [0.717, 1.165) is 6.42 Å². The van der Waals surface area contributed by atoms with Crippen molar-refractivity contribution in [1.82, 2.24) is 0 Å². The number of hydrogen-bond acceptors (Lipinski definition) is 1. The highest BCUT2D eigenvalue weighted by Crippen LogP contribution is 2.27. The molecular formula is C16H21N. The van der Waals surface area contributed by atoms with Crippen LogP contribution in [0.15, 0.2) is 36.4 Å². The molecule has 0 aliphatic heterocycles. The fraction of sp³-hybridized carbons (Fsp3) is 0.375. The Morgan fingerprint density at radius 3 is 2.41 bits per heavy atom. The standard InChI is InChI=1S/C16H21N/c1-12(2)9-14-11-15(17(3)4)10-13-7-5-6-8-16(13)14/h5-8,10-12H,9H2,1-4H3. The van der Waals surface area contributed by atoms with Crippen LogP contribution >= 0.6 is 0 Å². The van der Waals surface area contributed by atoms with Crippen LogP contribution in [0.5, 0.6) is 0 Å². The third-order valence-electron chi connectivity index (χ3n) is 3.08. The van der Waals surface area contributed by atoms with Crippen LogP contribution in [-0.4, -0.2) is 14.1 Å². The molecule has 0 radical (unpaired) electrons. The molecule has 2 aromatic rings. The first kappa shape index (κ1) is 12.0. The highest BCUT2D eigenvalue weighted by Gasteiger charge is 2.06. The van der Waals surface area contributed by atoms with Gasteiger partial charge in [-0.1, -0.05) is 38.1 Å². The first-order valence-corrected chi connectivity index (χ1v) is 6.27. The number of benzene rings is 2. The summed E-state index contributed by atoms with van der Waals surface area (Å²) < 4.78 is 0. The monoisotopic (exact) mass is 227 g/mol. The van der Waals surface area contributed by atoms with Crippen LogP contribution in [0.25, 0.3) is 10.8 Å². The molecule has 0 aliphatic carbocycles. The van der Waals surface area contributed by atoms with Gasteiger partial charge in [-0.2, -0.15) is 0 Å². The zero-order chi connectivity index (χ0) is 12.4. The summed E-state index contributed by atoms with van der Waals surface area (Å²) >= 11 is 0. The molecule has 1 heteroatoms. The minimum absolute atomic E-state index is 0.691. The summed E-state index contributed by atoms with van der Waals surface area (Å²) in [6.45, 7) is 4.55. The Morgan fingerprint density at radius 1 is 1.06 bits per heavy atom. The summed E-state index contributed by atoms with van der Waals surface area (Å²) in [5, 5.41) is 2.74. The summed E-state index contributed by atoms with van der Waals surface area (Å²) in [5.41, 5.74) is 2.75. The van der Waals surface area contributed by atoms with Crippen molar-refractivity contribution in [3.63, 3.8) is 0 Å². The summed E-state index contributed by atoms with van der Waals surface area (Å²) in [7, 11) is 4.20. The first-order chi connectivity index (χ1) is 8.08. The second-order valence-corrected chi connectivity index (χ2v) is 5.32. The maximum Gasteiger partial charge on any atom is 0.0370 e. The third kappa shape index (κ3) is 2.60. The maximum absolute atomic E-state index is 2.32. The van der Waals surface area contributed by atoms with E-state index in [1.165, 1.54) is 22.0 Å². The summed E-state index contributed by atoms with van der Waals surface area (Å²) in [4.78, 5) is 2.18. The molecule has 0 saturated heterocycles. The molecule has 0 heterocycles. The third-order valence-corrected chi connectivity index (χ3v) is 3.08. The fourth-order valence-electron chi connectivity index (χ4n) is 2.24. The largest absolute Gasteiger partial charge is 0.378 e. The molecule has 2 rings (SSSR count). The molecule has 90 valence electrons. The second-order valence-electron chi connectivity index (χ2n) is 5.32. The lowest BCUT2D eigenvalue weighted by atomic mass is 9.96. The van der Waals surface area contributed by atoms with Gasteiger partial charge in [-0.05, 0) is 40.8 Å². The molecule has 0 N–H and O–H groups in total. The van der Waals surface area contributed by atoms with Gasteiger partial charge in [-0.25, -0.2) is 0 Å². The molecule has 0 bridgehead atoms. The van der Waals surface area contributed by atoms with Crippen molar-refractivity contribution in [2.75, 3.05) is 19.0 Å². The minimum Gasteiger partial charge on any atom is -0.378 e. The van der Waals surface area contributed by atoms with E-state index in [-0.39, 0.29) is 0 Å². The number of nitrogens with zero attached hydrogens (tertiary/aromatic N) is 1. The number of anilines is 1. The van der Waals surface area contributed by atoms with Crippen molar-refractivity contribution in [3.05, 3.63) is 42.0 Å². The minimum atomic E-state index is 0.691. The maximum atomic E-state index is 2.32. The van der Waals surface area contributed by atoms with E-state index in [9.17, 15) is 0 Å². The molecule has 0 spiro atoms. The first-order valence-electron chi connectivity index (χ1n) is 6.27. The van der Waals surface area contributed by atoms with E-state index < -0.39 is 0 Å². The highest BCUT2D eigenvalue weighted by atomic mass is 15.1. The van der Waals surface area contributed by atoms with Crippen LogP contribution in [0.4, 0.5) is 5.69 Å². The Morgan fingerprint density at radius 2 is 1.76 bits per heavy atom. The van der Waals surface area contributed by atoms with Crippen LogP contribution < -0.4 is 4.90 Å². The predicted molar refractivity (Wildman–Crippen MR) is 76.8 cm³/mol. The predicted octanol–water partition coefficient (Wildman–Crippen LogP) is 4.10. The Kier molecular flexibility index (Phi) is 3.37. The van der Waals surface area contributed by atoms with E-state index in [1.807, 2.05) is 0 Å². The van der Waals surface area contributed by atoms with Gasteiger partial charge in [0.05, 0.1) is 0 Å². The van der Waals surface area contributed by atoms with Crippen molar-refractivity contribution in [2.24, 2.45) is 5.92 Å². The Labute approximate surface area is 104 Å². The number of rotatable bonds is 3. The molecule has 1 nitrogen and oxygen atoms in total.